The minimum atomic E-state index is -0.858. The normalized spacial score (nSPS) is 16.7. The van der Waals surface area contributed by atoms with Gasteiger partial charge in [-0.25, -0.2) is 18.0 Å². The van der Waals surface area contributed by atoms with E-state index < -0.39 is 17.4 Å². The number of carbonyl (C=O) groups is 1. The summed E-state index contributed by atoms with van der Waals surface area (Å²) in [4.78, 5) is 38.3. The lowest BCUT2D eigenvalue weighted by molar-refractivity contribution is 0.0776. The van der Waals surface area contributed by atoms with Gasteiger partial charge in [-0.1, -0.05) is 29.4 Å². The Kier molecular flexibility index (Phi) is 7.61. The van der Waals surface area contributed by atoms with Crippen LogP contribution in [0.5, 0.6) is 0 Å². The first-order valence-electron chi connectivity index (χ1n) is 16.3. The quantitative estimate of drug-likeness (QED) is 0.204. The van der Waals surface area contributed by atoms with Crippen LogP contribution in [0.1, 0.15) is 63.7 Å². The number of halogens is 3. The van der Waals surface area contributed by atoms with Crippen molar-refractivity contribution in [3.8, 4) is 22.5 Å². The smallest absolute Gasteiger partial charge is 0.371 e. The van der Waals surface area contributed by atoms with Crippen LogP contribution in [0.25, 0.3) is 22.5 Å². The molecule has 48 heavy (non-hydrogen) atoms. The van der Waals surface area contributed by atoms with Crippen molar-refractivity contribution in [2.75, 3.05) is 24.5 Å². The van der Waals surface area contributed by atoms with Crippen molar-refractivity contribution in [3.05, 3.63) is 122 Å². The summed E-state index contributed by atoms with van der Waals surface area (Å²) in [5.74, 6) is -2.62. The number of nitrogens with zero attached hydrogens (tertiary/aromatic N) is 4. The zero-order valence-electron chi connectivity index (χ0n) is 26.1. The number of benzene rings is 3. The molecule has 3 aliphatic rings. The summed E-state index contributed by atoms with van der Waals surface area (Å²) in [6.45, 7) is 2.11. The van der Waals surface area contributed by atoms with Gasteiger partial charge in [0.1, 0.15) is 5.82 Å². The molecule has 5 aromatic rings. The zero-order chi connectivity index (χ0) is 32.9. The van der Waals surface area contributed by atoms with Gasteiger partial charge in [0.2, 0.25) is 0 Å². The van der Waals surface area contributed by atoms with E-state index in [0.29, 0.717) is 54.7 Å². The number of hydrogen-bond donors (Lipinski definition) is 1. The van der Waals surface area contributed by atoms with E-state index in [1.807, 2.05) is 11.0 Å². The van der Waals surface area contributed by atoms with Gasteiger partial charge >= 0.3 is 5.76 Å². The molecule has 0 radical (unpaired) electrons. The predicted molar refractivity (Wildman–Crippen MR) is 173 cm³/mol. The average molecular weight is 652 g/mol. The number of anilines is 1. The van der Waals surface area contributed by atoms with E-state index in [0.717, 1.165) is 71.9 Å². The summed E-state index contributed by atoms with van der Waals surface area (Å²) in [6.07, 6.45) is 5.02. The van der Waals surface area contributed by atoms with Crippen molar-refractivity contribution < 1.29 is 22.5 Å². The van der Waals surface area contributed by atoms with Gasteiger partial charge in [0, 0.05) is 30.9 Å². The molecule has 0 spiro atoms. The Balaban J connectivity index is 1.23. The number of aromatic nitrogens is 3. The van der Waals surface area contributed by atoms with Gasteiger partial charge in [0.25, 0.3) is 5.91 Å². The maximum absolute atomic E-state index is 14.1. The van der Waals surface area contributed by atoms with Crippen molar-refractivity contribution >= 4 is 11.6 Å². The fraction of sp³-hybridized carbons (Fsp3) is 0.297. The van der Waals surface area contributed by atoms with Crippen LogP contribution in [0, 0.1) is 17.5 Å². The molecule has 5 heterocycles. The molecule has 1 atom stereocenters. The molecule has 3 aliphatic heterocycles. The fourth-order valence-electron chi connectivity index (χ4n) is 7.55. The summed E-state index contributed by atoms with van der Waals surface area (Å²) in [5.41, 5.74) is 7.76. The Hall–Kier alpha value is -5.19. The average Bonchev–Trinajstić information content (AvgIpc) is 3.82. The minimum Gasteiger partial charge on any atom is -0.371 e. The largest absolute Gasteiger partial charge is 0.439 e. The van der Waals surface area contributed by atoms with Crippen LogP contribution in [0.15, 0.2) is 70.0 Å². The van der Waals surface area contributed by atoms with Gasteiger partial charge in [-0.05, 0) is 104 Å². The first-order chi connectivity index (χ1) is 23.3. The van der Waals surface area contributed by atoms with Gasteiger partial charge < -0.3 is 9.80 Å². The summed E-state index contributed by atoms with van der Waals surface area (Å²) in [7, 11) is 0. The molecule has 244 valence electrons. The van der Waals surface area contributed by atoms with Gasteiger partial charge in [0.05, 0.1) is 28.6 Å². The van der Waals surface area contributed by atoms with Crippen molar-refractivity contribution in [1.29, 1.82) is 0 Å². The number of carbonyl (C=O) groups excluding carboxylic acids is 1. The molecule has 8 rings (SSSR count). The third kappa shape index (κ3) is 5.36. The first-order valence-corrected chi connectivity index (χ1v) is 16.3. The number of nitrogens with one attached hydrogen (secondary N) is 1. The molecule has 1 saturated heterocycles. The third-order valence-electron chi connectivity index (χ3n) is 9.82. The molecule has 1 amide bonds. The van der Waals surface area contributed by atoms with E-state index in [9.17, 15) is 22.8 Å². The van der Waals surface area contributed by atoms with Crippen LogP contribution in [-0.2, 0) is 25.7 Å². The lowest BCUT2D eigenvalue weighted by Gasteiger charge is -2.32. The summed E-state index contributed by atoms with van der Waals surface area (Å²) in [5, 5.41) is 4.07. The molecule has 1 unspecified atom stereocenters. The van der Waals surface area contributed by atoms with Crippen LogP contribution in [0.2, 0.25) is 0 Å². The Labute approximate surface area is 274 Å². The Morgan fingerprint density at radius 3 is 2.46 bits per heavy atom. The molecule has 8 nitrogen and oxygen atoms in total. The van der Waals surface area contributed by atoms with Gasteiger partial charge in [0.15, 0.2) is 17.5 Å². The van der Waals surface area contributed by atoms with Gasteiger partial charge in [-0.2, -0.15) is 0 Å². The number of fused-ring (bicyclic) bond motifs is 4. The Morgan fingerprint density at radius 1 is 0.833 bits per heavy atom. The monoisotopic (exact) mass is 651 g/mol. The SMILES string of the molecule is O=C1c2c(nc(CCc3ccc(F)cc3)c(-c3noc(=O)[nH]3)c2-c2ccc3c(c2)CCCN3CCc2ccc(F)c(F)c2)C2CCCN12. The van der Waals surface area contributed by atoms with Crippen molar-refractivity contribution in [1.82, 2.24) is 20.0 Å². The highest BCUT2D eigenvalue weighted by Gasteiger charge is 2.44. The summed E-state index contributed by atoms with van der Waals surface area (Å²) in [6, 6.07) is 16.4. The second-order valence-corrected chi connectivity index (χ2v) is 12.7. The maximum Gasteiger partial charge on any atom is 0.439 e. The number of pyridine rings is 1. The first kappa shape index (κ1) is 30.2. The maximum atomic E-state index is 14.1. The highest BCUT2D eigenvalue weighted by Crippen LogP contribution is 2.48. The van der Waals surface area contributed by atoms with Crippen LogP contribution >= 0.6 is 0 Å². The molecule has 0 aliphatic carbocycles. The molecule has 2 aromatic heterocycles. The fourth-order valence-corrected chi connectivity index (χ4v) is 7.55. The topological polar surface area (TPSA) is 95.3 Å². The van der Waals surface area contributed by atoms with Crippen LogP contribution in [0.4, 0.5) is 18.9 Å². The van der Waals surface area contributed by atoms with Crippen LogP contribution in [0.3, 0.4) is 0 Å². The van der Waals surface area contributed by atoms with Crippen LogP contribution < -0.4 is 10.7 Å². The third-order valence-corrected chi connectivity index (χ3v) is 9.82. The number of rotatable bonds is 8. The van der Waals surface area contributed by atoms with E-state index in [1.165, 1.54) is 18.2 Å². The summed E-state index contributed by atoms with van der Waals surface area (Å²) >= 11 is 0. The second kappa shape index (κ2) is 12.1. The van der Waals surface area contributed by atoms with Crippen molar-refractivity contribution in [2.45, 2.75) is 51.0 Å². The number of aryl methyl sites for hydroxylation is 3. The van der Waals surface area contributed by atoms with E-state index >= 15 is 0 Å². The van der Waals surface area contributed by atoms with E-state index in [4.69, 9.17) is 9.51 Å². The lowest BCUT2D eigenvalue weighted by atomic mass is 9.87. The molecule has 0 bridgehead atoms. The summed E-state index contributed by atoms with van der Waals surface area (Å²) < 4.78 is 46.0. The van der Waals surface area contributed by atoms with E-state index in [2.05, 4.69) is 27.2 Å². The molecule has 0 saturated carbocycles. The second-order valence-electron chi connectivity index (χ2n) is 12.7. The highest BCUT2D eigenvalue weighted by atomic mass is 19.2. The van der Waals surface area contributed by atoms with Gasteiger partial charge in [-0.15, -0.1) is 0 Å². The Bertz CT molecular complexity index is 2110. The van der Waals surface area contributed by atoms with Gasteiger partial charge in [-0.3, -0.25) is 19.3 Å². The number of aromatic amines is 1. The Morgan fingerprint density at radius 2 is 1.67 bits per heavy atom. The molecule has 1 N–H and O–H groups in total. The van der Waals surface area contributed by atoms with E-state index in [-0.39, 0.29) is 23.6 Å². The zero-order valence-corrected chi connectivity index (χ0v) is 26.1. The molecule has 1 fully saturated rings. The number of amides is 1. The minimum absolute atomic E-state index is 0.0851. The predicted octanol–water partition coefficient (Wildman–Crippen LogP) is 6.58. The molecular formula is C37H32F3N5O3. The van der Waals surface area contributed by atoms with Crippen LogP contribution in [-0.4, -0.2) is 45.6 Å². The lowest BCUT2D eigenvalue weighted by Crippen LogP contribution is -2.31. The molecular weight excluding hydrogens is 619 g/mol. The molecule has 11 heteroatoms. The standard InChI is InChI=1S/C37H32F3N5O3/c38-25-10-5-21(6-11-25)8-13-28-32(35-42-37(47)48-43-35)31(33-34(41-28)30-4-2-17-45(30)36(33)46)24-9-14-29-23(20-24)3-1-16-44(29)18-15-22-7-12-26(39)27(40)19-22/h5-7,9-12,14,19-20,30H,1-4,8,13,15-18H2,(H,42,43,47). The number of H-pyrrole nitrogens is 1. The van der Waals surface area contributed by atoms with Crippen molar-refractivity contribution in [2.24, 2.45) is 0 Å². The van der Waals surface area contributed by atoms with Crippen molar-refractivity contribution in [3.63, 3.8) is 0 Å². The van der Waals surface area contributed by atoms with E-state index in [1.54, 1.807) is 18.2 Å². The highest BCUT2D eigenvalue weighted by molar-refractivity contribution is 6.08. The molecule has 3 aromatic carbocycles. The number of hydrogen-bond acceptors (Lipinski definition) is 6.